The second kappa shape index (κ2) is 12.2. The standard InChI is InChI=1S/C23H33FN6O3/c24-18-1-2-22-20(15-18)21-17-29(6-3-19-16-26-28-27-19)7-4-23(21)30(22)8-10-32-12-14-33-13-11-31-9-5-25/h1-2,15-16H,3-14,17,25H2,(H,26,27,28). The average molecular weight is 461 g/mol. The summed E-state index contributed by atoms with van der Waals surface area (Å²) in [6.45, 7) is 7.22. The van der Waals surface area contributed by atoms with E-state index in [1.165, 1.54) is 17.3 Å². The molecule has 0 unspecified atom stereocenters. The Bertz CT molecular complexity index is 994. The molecule has 1 aromatic carbocycles. The van der Waals surface area contributed by atoms with E-state index < -0.39 is 0 Å². The molecular formula is C23H33FN6O3. The first-order chi connectivity index (χ1) is 16.3. The molecule has 0 atom stereocenters. The predicted molar refractivity (Wildman–Crippen MR) is 122 cm³/mol. The van der Waals surface area contributed by atoms with E-state index in [0.717, 1.165) is 55.6 Å². The normalized spacial score (nSPS) is 14.2. The highest BCUT2D eigenvalue weighted by molar-refractivity contribution is 5.86. The van der Waals surface area contributed by atoms with E-state index in [9.17, 15) is 4.39 Å². The zero-order chi connectivity index (χ0) is 22.9. The fourth-order valence-electron chi connectivity index (χ4n) is 4.32. The minimum atomic E-state index is -0.202. The first-order valence-corrected chi connectivity index (χ1v) is 11.6. The van der Waals surface area contributed by atoms with Gasteiger partial charge >= 0.3 is 0 Å². The van der Waals surface area contributed by atoms with Crippen LogP contribution in [0.2, 0.25) is 0 Å². The Labute approximate surface area is 193 Å². The highest BCUT2D eigenvalue weighted by Gasteiger charge is 2.24. The van der Waals surface area contributed by atoms with Gasteiger partial charge in [0, 0.05) is 62.2 Å². The van der Waals surface area contributed by atoms with Crippen LogP contribution >= 0.6 is 0 Å². The molecule has 33 heavy (non-hydrogen) atoms. The molecule has 2 aromatic heterocycles. The predicted octanol–water partition coefficient (Wildman–Crippen LogP) is 1.51. The van der Waals surface area contributed by atoms with Crippen LogP contribution in [-0.2, 0) is 40.1 Å². The van der Waals surface area contributed by atoms with Crippen molar-refractivity contribution in [2.45, 2.75) is 25.9 Å². The number of hydrogen-bond acceptors (Lipinski definition) is 7. The Hall–Kier alpha value is -2.37. The molecule has 0 aliphatic carbocycles. The van der Waals surface area contributed by atoms with Crippen molar-refractivity contribution >= 4 is 10.9 Å². The van der Waals surface area contributed by atoms with Crippen molar-refractivity contribution < 1.29 is 18.6 Å². The van der Waals surface area contributed by atoms with Crippen molar-refractivity contribution in [1.82, 2.24) is 24.9 Å². The average Bonchev–Trinajstić information content (AvgIpc) is 3.45. The van der Waals surface area contributed by atoms with E-state index in [2.05, 4.69) is 24.9 Å². The lowest BCUT2D eigenvalue weighted by atomic mass is 10.0. The molecule has 0 bridgehead atoms. The second-order valence-corrected chi connectivity index (χ2v) is 8.12. The third-order valence-corrected chi connectivity index (χ3v) is 5.92. The van der Waals surface area contributed by atoms with Crippen molar-refractivity contribution in [1.29, 1.82) is 0 Å². The molecule has 0 saturated carbocycles. The topological polar surface area (TPSA) is 103 Å². The van der Waals surface area contributed by atoms with Crippen molar-refractivity contribution in [3.63, 3.8) is 0 Å². The van der Waals surface area contributed by atoms with E-state index in [4.69, 9.17) is 19.9 Å². The SMILES string of the molecule is NCCOCCOCCOCCn1c2c(c3cc(F)ccc31)CN(CCc1cnn[nH]1)CC2. The number of nitrogens with zero attached hydrogens (tertiary/aromatic N) is 4. The van der Waals surface area contributed by atoms with Crippen molar-refractivity contribution in [3.8, 4) is 0 Å². The van der Waals surface area contributed by atoms with Gasteiger partial charge < -0.3 is 24.5 Å². The smallest absolute Gasteiger partial charge is 0.123 e. The monoisotopic (exact) mass is 460 g/mol. The van der Waals surface area contributed by atoms with Crippen molar-refractivity contribution in [3.05, 3.63) is 47.2 Å². The Kier molecular flexibility index (Phi) is 8.79. The third kappa shape index (κ3) is 6.36. The Balaban J connectivity index is 1.31. The maximum atomic E-state index is 14.1. The quantitative estimate of drug-likeness (QED) is 0.352. The van der Waals surface area contributed by atoms with Crippen LogP contribution in [0.5, 0.6) is 0 Å². The molecule has 0 radical (unpaired) electrons. The van der Waals surface area contributed by atoms with Crippen LogP contribution in [0.15, 0.2) is 24.4 Å². The summed E-state index contributed by atoms with van der Waals surface area (Å²) < 4.78 is 32.9. The van der Waals surface area contributed by atoms with Gasteiger partial charge in [0.05, 0.1) is 51.5 Å². The molecule has 0 amide bonds. The summed E-state index contributed by atoms with van der Waals surface area (Å²) in [6.07, 6.45) is 3.56. The summed E-state index contributed by atoms with van der Waals surface area (Å²) in [5.74, 6) is -0.202. The number of aromatic nitrogens is 4. The van der Waals surface area contributed by atoms with Crippen LogP contribution in [0.3, 0.4) is 0 Å². The second-order valence-electron chi connectivity index (χ2n) is 8.12. The van der Waals surface area contributed by atoms with E-state index in [1.54, 1.807) is 12.3 Å². The molecule has 3 N–H and O–H groups in total. The van der Waals surface area contributed by atoms with Gasteiger partial charge in [0.15, 0.2) is 0 Å². The van der Waals surface area contributed by atoms with Gasteiger partial charge in [-0.15, -0.1) is 5.10 Å². The van der Waals surface area contributed by atoms with Crippen molar-refractivity contribution in [2.75, 3.05) is 59.3 Å². The molecule has 9 nitrogen and oxygen atoms in total. The van der Waals surface area contributed by atoms with Crippen LogP contribution in [0.1, 0.15) is 17.0 Å². The fourth-order valence-corrected chi connectivity index (χ4v) is 4.32. The van der Waals surface area contributed by atoms with E-state index in [-0.39, 0.29) is 5.82 Å². The molecule has 1 aliphatic rings. The first-order valence-electron chi connectivity index (χ1n) is 11.6. The minimum Gasteiger partial charge on any atom is -0.378 e. The molecule has 4 rings (SSSR count). The van der Waals surface area contributed by atoms with Crippen LogP contribution in [0.4, 0.5) is 4.39 Å². The molecule has 3 heterocycles. The highest BCUT2D eigenvalue weighted by Crippen LogP contribution is 2.31. The van der Waals surface area contributed by atoms with Gasteiger partial charge in [0.1, 0.15) is 5.82 Å². The molecule has 0 fully saturated rings. The Morgan fingerprint density at radius 2 is 1.82 bits per heavy atom. The lowest BCUT2D eigenvalue weighted by molar-refractivity contribution is 0.0146. The van der Waals surface area contributed by atoms with Crippen LogP contribution < -0.4 is 5.73 Å². The summed E-state index contributed by atoms with van der Waals surface area (Å²) in [4.78, 5) is 2.41. The molecule has 3 aromatic rings. The van der Waals surface area contributed by atoms with Gasteiger partial charge in [-0.2, -0.15) is 0 Å². The minimum absolute atomic E-state index is 0.202. The van der Waals surface area contributed by atoms with Crippen LogP contribution in [0.25, 0.3) is 10.9 Å². The Morgan fingerprint density at radius 1 is 1.03 bits per heavy atom. The number of aromatic amines is 1. The van der Waals surface area contributed by atoms with Gasteiger partial charge in [0.25, 0.3) is 0 Å². The number of nitrogens with one attached hydrogen (secondary N) is 1. The summed E-state index contributed by atoms with van der Waals surface area (Å²) in [5, 5.41) is 11.5. The van der Waals surface area contributed by atoms with Gasteiger partial charge in [-0.05, 0) is 23.8 Å². The van der Waals surface area contributed by atoms with Gasteiger partial charge in [0.2, 0.25) is 0 Å². The number of benzene rings is 1. The molecule has 0 saturated heterocycles. The summed E-state index contributed by atoms with van der Waals surface area (Å²) in [6, 6.07) is 5.08. The largest absolute Gasteiger partial charge is 0.378 e. The zero-order valence-corrected chi connectivity index (χ0v) is 19.0. The van der Waals surface area contributed by atoms with E-state index in [1.807, 2.05) is 6.07 Å². The molecule has 180 valence electrons. The number of H-pyrrole nitrogens is 1. The number of halogens is 1. The van der Waals surface area contributed by atoms with Crippen LogP contribution in [-0.4, -0.2) is 84.2 Å². The van der Waals surface area contributed by atoms with E-state index in [0.29, 0.717) is 46.2 Å². The third-order valence-electron chi connectivity index (χ3n) is 5.92. The van der Waals surface area contributed by atoms with Gasteiger partial charge in [-0.25, -0.2) is 4.39 Å². The first kappa shape index (κ1) is 23.8. The molecule has 10 heteroatoms. The summed E-state index contributed by atoms with van der Waals surface area (Å²) in [7, 11) is 0. The number of rotatable bonds is 14. The molecule has 0 spiro atoms. The van der Waals surface area contributed by atoms with Gasteiger partial charge in [-0.1, -0.05) is 5.21 Å². The lowest BCUT2D eigenvalue weighted by Gasteiger charge is -2.28. The highest BCUT2D eigenvalue weighted by atomic mass is 19.1. The number of ether oxygens (including phenoxy) is 3. The molecular weight excluding hydrogens is 427 g/mol. The van der Waals surface area contributed by atoms with Gasteiger partial charge in [-0.3, -0.25) is 10.00 Å². The maximum Gasteiger partial charge on any atom is 0.123 e. The van der Waals surface area contributed by atoms with Crippen molar-refractivity contribution in [2.24, 2.45) is 5.73 Å². The summed E-state index contributed by atoms with van der Waals surface area (Å²) >= 11 is 0. The summed E-state index contributed by atoms with van der Waals surface area (Å²) in [5.41, 5.74) is 9.97. The number of fused-ring (bicyclic) bond motifs is 3. The molecule has 1 aliphatic heterocycles. The zero-order valence-electron chi connectivity index (χ0n) is 19.0. The fraction of sp³-hybridized carbons (Fsp3) is 0.565. The van der Waals surface area contributed by atoms with Crippen LogP contribution in [0, 0.1) is 5.82 Å². The number of hydrogen-bond donors (Lipinski definition) is 2. The van der Waals surface area contributed by atoms with E-state index >= 15 is 0 Å². The lowest BCUT2D eigenvalue weighted by Crippen LogP contribution is -2.33. The number of nitrogens with two attached hydrogens (primary N) is 1. The Morgan fingerprint density at radius 3 is 2.58 bits per heavy atom. The maximum absolute atomic E-state index is 14.1.